The first kappa shape index (κ1) is 13.4. The number of thiazole rings is 1. The Balaban J connectivity index is 1.73. The third-order valence-corrected chi connectivity index (χ3v) is 5.40. The molecule has 4 rings (SSSR count). The van der Waals surface area contributed by atoms with Crippen LogP contribution in [0, 0.1) is 6.92 Å². The fourth-order valence-electron chi connectivity index (χ4n) is 2.43. The summed E-state index contributed by atoms with van der Waals surface area (Å²) in [5.74, 6) is -0.0959. The minimum atomic E-state index is -0.0959. The van der Waals surface area contributed by atoms with Crippen molar-refractivity contribution in [1.82, 2.24) is 4.98 Å². The van der Waals surface area contributed by atoms with Gasteiger partial charge in [-0.15, -0.1) is 11.3 Å². The molecule has 0 atom stereocenters. The second-order valence-electron chi connectivity index (χ2n) is 5.02. The maximum atomic E-state index is 12.2. The number of anilines is 1. The quantitative estimate of drug-likeness (QED) is 0.559. The summed E-state index contributed by atoms with van der Waals surface area (Å²) in [7, 11) is 0. The minimum Gasteiger partial charge on any atom is -0.297 e. The van der Waals surface area contributed by atoms with E-state index in [0.29, 0.717) is 10.0 Å². The Bertz CT molecular complexity index is 1000. The molecular weight excluding hydrogens is 312 g/mol. The van der Waals surface area contributed by atoms with Crippen LogP contribution in [-0.2, 0) is 0 Å². The van der Waals surface area contributed by atoms with E-state index in [9.17, 15) is 4.79 Å². The normalized spacial score (nSPS) is 11.1. The van der Waals surface area contributed by atoms with Crippen LogP contribution < -0.4 is 5.32 Å². The topological polar surface area (TPSA) is 42.0 Å². The zero-order valence-corrected chi connectivity index (χ0v) is 13.4. The monoisotopic (exact) mass is 324 g/mol. The molecule has 0 unspecified atom stereocenters. The predicted molar refractivity (Wildman–Crippen MR) is 94.1 cm³/mol. The van der Waals surface area contributed by atoms with Crippen molar-refractivity contribution in [2.45, 2.75) is 6.92 Å². The number of rotatable bonds is 2. The van der Waals surface area contributed by atoms with Gasteiger partial charge in [0.1, 0.15) is 0 Å². The van der Waals surface area contributed by atoms with Gasteiger partial charge in [-0.1, -0.05) is 41.7 Å². The van der Waals surface area contributed by atoms with Crippen LogP contribution in [0.25, 0.3) is 21.0 Å². The van der Waals surface area contributed by atoms with Crippen LogP contribution >= 0.6 is 22.7 Å². The van der Waals surface area contributed by atoms with Crippen molar-refractivity contribution < 1.29 is 4.79 Å². The summed E-state index contributed by atoms with van der Waals surface area (Å²) in [6, 6.07) is 16.1. The number of carbonyl (C=O) groups is 1. The standard InChI is InChI=1S/C17H12N2OS2/c1-10-6-8-14(21-10)16(20)19-17-18-15-12-5-3-2-4-11(12)7-9-13(15)22-17/h2-9H,1H3,(H,18,19,20). The number of nitrogens with zero attached hydrogens (tertiary/aromatic N) is 1. The van der Waals surface area contributed by atoms with Crippen molar-refractivity contribution in [3.05, 3.63) is 58.3 Å². The Morgan fingerprint density at radius 1 is 1.05 bits per heavy atom. The van der Waals surface area contributed by atoms with Crippen molar-refractivity contribution in [1.29, 1.82) is 0 Å². The van der Waals surface area contributed by atoms with E-state index in [1.54, 1.807) is 0 Å². The van der Waals surface area contributed by atoms with Crippen LogP contribution in [0.4, 0.5) is 5.13 Å². The Kier molecular flexibility index (Phi) is 3.17. The molecule has 1 N–H and O–H groups in total. The van der Waals surface area contributed by atoms with Crippen molar-refractivity contribution in [3.8, 4) is 0 Å². The summed E-state index contributed by atoms with van der Waals surface area (Å²) in [6.07, 6.45) is 0. The molecule has 5 heteroatoms. The Morgan fingerprint density at radius 2 is 1.91 bits per heavy atom. The lowest BCUT2D eigenvalue weighted by atomic mass is 10.1. The van der Waals surface area contributed by atoms with Crippen molar-refractivity contribution in [2.24, 2.45) is 0 Å². The van der Waals surface area contributed by atoms with E-state index in [2.05, 4.69) is 34.6 Å². The maximum absolute atomic E-state index is 12.2. The zero-order chi connectivity index (χ0) is 15.1. The molecule has 0 radical (unpaired) electrons. The first-order chi connectivity index (χ1) is 10.7. The van der Waals surface area contributed by atoms with Crippen LogP contribution in [-0.4, -0.2) is 10.9 Å². The molecule has 0 aliphatic carbocycles. The molecular formula is C17H12N2OS2. The highest BCUT2D eigenvalue weighted by molar-refractivity contribution is 7.22. The van der Waals surface area contributed by atoms with Gasteiger partial charge in [-0.25, -0.2) is 4.98 Å². The number of hydrogen-bond donors (Lipinski definition) is 1. The fourth-order valence-corrected chi connectivity index (χ4v) is 4.07. The molecule has 2 aromatic carbocycles. The third kappa shape index (κ3) is 2.28. The van der Waals surface area contributed by atoms with Crippen LogP contribution in [0.1, 0.15) is 14.5 Å². The van der Waals surface area contributed by atoms with E-state index in [4.69, 9.17) is 0 Å². The number of benzene rings is 2. The van der Waals surface area contributed by atoms with Gasteiger partial charge in [-0.2, -0.15) is 0 Å². The number of nitrogens with one attached hydrogen (secondary N) is 1. The lowest BCUT2D eigenvalue weighted by Crippen LogP contribution is -2.09. The summed E-state index contributed by atoms with van der Waals surface area (Å²) < 4.78 is 1.08. The van der Waals surface area contributed by atoms with E-state index in [-0.39, 0.29) is 5.91 Å². The molecule has 0 saturated carbocycles. The number of aromatic nitrogens is 1. The first-order valence-corrected chi connectivity index (χ1v) is 8.50. The van der Waals surface area contributed by atoms with Crippen LogP contribution in [0.5, 0.6) is 0 Å². The van der Waals surface area contributed by atoms with Gasteiger partial charge in [0, 0.05) is 10.3 Å². The van der Waals surface area contributed by atoms with E-state index < -0.39 is 0 Å². The third-order valence-electron chi connectivity index (χ3n) is 3.47. The molecule has 0 bridgehead atoms. The molecule has 3 nitrogen and oxygen atoms in total. The summed E-state index contributed by atoms with van der Waals surface area (Å²) in [6.45, 7) is 1.99. The second kappa shape index (κ2) is 5.19. The molecule has 2 heterocycles. The van der Waals surface area contributed by atoms with E-state index in [1.807, 2.05) is 31.2 Å². The highest BCUT2D eigenvalue weighted by Gasteiger charge is 2.12. The van der Waals surface area contributed by atoms with Gasteiger partial charge < -0.3 is 0 Å². The molecule has 0 fully saturated rings. The molecule has 2 aromatic heterocycles. The van der Waals surface area contributed by atoms with Gasteiger partial charge >= 0.3 is 0 Å². The van der Waals surface area contributed by atoms with Crippen LogP contribution in [0.2, 0.25) is 0 Å². The average molecular weight is 324 g/mol. The van der Waals surface area contributed by atoms with Gasteiger partial charge in [-0.3, -0.25) is 10.1 Å². The molecule has 22 heavy (non-hydrogen) atoms. The smallest absolute Gasteiger partial charge is 0.267 e. The lowest BCUT2D eigenvalue weighted by Gasteiger charge is -1.97. The second-order valence-corrected chi connectivity index (χ2v) is 7.34. The van der Waals surface area contributed by atoms with Gasteiger partial charge in [0.2, 0.25) is 0 Å². The van der Waals surface area contributed by atoms with Gasteiger partial charge in [-0.05, 0) is 30.5 Å². The largest absolute Gasteiger partial charge is 0.297 e. The van der Waals surface area contributed by atoms with Gasteiger partial charge in [0.05, 0.1) is 15.1 Å². The van der Waals surface area contributed by atoms with Gasteiger partial charge in [0.15, 0.2) is 5.13 Å². The minimum absolute atomic E-state index is 0.0959. The Morgan fingerprint density at radius 3 is 2.73 bits per heavy atom. The molecule has 0 aliphatic rings. The highest BCUT2D eigenvalue weighted by atomic mass is 32.1. The molecule has 4 aromatic rings. The molecule has 0 saturated heterocycles. The number of aryl methyl sites for hydroxylation is 1. The summed E-state index contributed by atoms with van der Waals surface area (Å²) >= 11 is 2.99. The van der Waals surface area contributed by atoms with Crippen LogP contribution in [0.15, 0.2) is 48.5 Å². The highest BCUT2D eigenvalue weighted by Crippen LogP contribution is 2.32. The summed E-state index contributed by atoms with van der Waals surface area (Å²) in [4.78, 5) is 18.7. The first-order valence-electron chi connectivity index (χ1n) is 6.87. The molecule has 0 spiro atoms. The fraction of sp³-hybridized carbons (Fsp3) is 0.0588. The number of amides is 1. The number of hydrogen-bond acceptors (Lipinski definition) is 4. The lowest BCUT2D eigenvalue weighted by molar-refractivity contribution is 0.103. The predicted octanol–water partition coefficient (Wildman–Crippen LogP) is 5.07. The van der Waals surface area contributed by atoms with Crippen molar-refractivity contribution in [3.63, 3.8) is 0 Å². The van der Waals surface area contributed by atoms with Crippen molar-refractivity contribution in [2.75, 3.05) is 5.32 Å². The van der Waals surface area contributed by atoms with Crippen LogP contribution in [0.3, 0.4) is 0 Å². The number of thiophene rings is 1. The Labute approximate surface area is 135 Å². The van der Waals surface area contributed by atoms with E-state index in [0.717, 1.165) is 25.9 Å². The maximum Gasteiger partial charge on any atom is 0.267 e. The average Bonchev–Trinajstić information content (AvgIpc) is 3.13. The van der Waals surface area contributed by atoms with Gasteiger partial charge in [0.25, 0.3) is 5.91 Å². The number of fused-ring (bicyclic) bond motifs is 3. The summed E-state index contributed by atoms with van der Waals surface area (Å²) in [5.41, 5.74) is 0.945. The molecule has 1 amide bonds. The number of carbonyl (C=O) groups excluding carboxylic acids is 1. The summed E-state index contributed by atoms with van der Waals surface area (Å²) in [5, 5.41) is 5.82. The molecule has 108 valence electrons. The Hall–Kier alpha value is -2.24. The zero-order valence-electron chi connectivity index (χ0n) is 11.8. The molecule has 0 aliphatic heterocycles. The SMILES string of the molecule is Cc1ccc(C(=O)Nc2nc3c(ccc4ccccc43)s2)s1. The van der Waals surface area contributed by atoms with Crippen molar-refractivity contribution >= 4 is 54.7 Å². The van der Waals surface area contributed by atoms with E-state index >= 15 is 0 Å². The van der Waals surface area contributed by atoms with E-state index in [1.165, 1.54) is 22.7 Å².